The van der Waals surface area contributed by atoms with Crippen molar-refractivity contribution < 1.29 is 14.6 Å². The number of carbonyl (C=O) groups is 1. The van der Waals surface area contributed by atoms with Crippen LogP contribution in [-0.4, -0.2) is 22.7 Å². The van der Waals surface area contributed by atoms with E-state index in [2.05, 4.69) is 11.9 Å². The Kier molecular flexibility index (Phi) is 3.87. The number of hydrogen-bond donors (Lipinski definition) is 2. The first-order valence-corrected chi connectivity index (χ1v) is 6.19. The lowest BCUT2D eigenvalue weighted by Gasteiger charge is -2.05. The van der Waals surface area contributed by atoms with E-state index in [4.69, 9.17) is 9.84 Å². The lowest BCUT2D eigenvalue weighted by molar-refractivity contribution is 0.0691. The van der Waals surface area contributed by atoms with Crippen LogP contribution in [0.15, 0.2) is 24.3 Å². The van der Waals surface area contributed by atoms with Gasteiger partial charge in [0.1, 0.15) is 11.4 Å². The van der Waals surface area contributed by atoms with Crippen LogP contribution in [0.4, 0.5) is 0 Å². The van der Waals surface area contributed by atoms with Gasteiger partial charge in [-0.05, 0) is 30.7 Å². The predicted octanol–water partition coefficient (Wildman–Crippen LogP) is 3.44. The third-order valence-electron chi connectivity index (χ3n) is 2.84. The number of fused-ring (bicyclic) bond motifs is 1. The van der Waals surface area contributed by atoms with Gasteiger partial charge in [0.15, 0.2) is 0 Å². The van der Waals surface area contributed by atoms with Gasteiger partial charge in [-0.3, -0.25) is 0 Å². The average Bonchev–Trinajstić information content (AvgIpc) is 2.78. The first-order chi connectivity index (χ1) is 8.70. The minimum atomic E-state index is -0.948. The molecular weight excluding hydrogens is 230 g/mol. The second-order valence-corrected chi connectivity index (χ2v) is 4.29. The highest BCUT2D eigenvalue weighted by atomic mass is 16.5. The predicted molar refractivity (Wildman–Crippen MR) is 70.3 cm³/mol. The van der Waals surface area contributed by atoms with Crippen LogP contribution in [0.3, 0.4) is 0 Å². The van der Waals surface area contributed by atoms with Crippen LogP contribution in [-0.2, 0) is 0 Å². The van der Waals surface area contributed by atoms with Crippen LogP contribution in [0.5, 0.6) is 5.75 Å². The number of carboxylic acid groups (broad SMARTS) is 1. The van der Waals surface area contributed by atoms with Crippen LogP contribution in [0.25, 0.3) is 10.9 Å². The number of aromatic nitrogens is 1. The van der Waals surface area contributed by atoms with Gasteiger partial charge >= 0.3 is 5.97 Å². The molecule has 0 aliphatic heterocycles. The molecule has 4 nitrogen and oxygen atoms in total. The number of H-pyrrole nitrogens is 1. The smallest absolute Gasteiger partial charge is 0.352 e. The van der Waals surface area contributed by atoms with Crippen molar-refractivity contribution in [3.05, 3.63) is 30.0 Å². The number of benzene rings is 1. The second-order valence-electron chi connectivity index (χ2n) is 4.29. The standard InChI is InChI=1S/C14H17NO3/c1-2-3-4-7-18-11-5-6-12-10(8-11)9-13(15-12)14(16)17/h5-6,8-9,15H,2-4,7H2,1H3,(H,16,17). The monoisotopic (exact) mass is 247 g/mol. The van der Waals surface area contributed by atoms with Gasteiger partial charge in [0.25, 0.3) is 0 Å². The topological polar surface area (TPSA) is 62.3 Å². The molecule has 1 heterocycles. The van der Waals surface area contributed by atoms with Gasteiger partial charge in [-0.25, -0.2) is 4.79 Å². The fraction of sp³-hybridized carbons (Fsp3) is 0.357. The van der Waals surface area contributed by atoms with Crippen LogP contribution in [0, 0.1) is 0 Å². The Labute approximate surface area is 106 Å². The summed E-state index contributed by atoms with van der Waals surface area (Å²) >= 11 is 0. The molecule has 2 rings (SSSR count). The fourth-order valence-corrected chi connectivity index (χ4v) is 1.86. The van der Waals surface area contributed by atoms with Crippen LogP contribution in [0.2, 0.25) is 0 Å². The molecule has 0 radical (unpaired) electrons. The zero-order valence-electron chi connectivity index (χ0n) is 10.4. The molecular formula is C14H17NO3. The van der Waals surface area contributed by atoms with E-state index < -0.39 is 5.97 Å². The normalized spacial score (nSPS) is 10.7. The minimum absolute atomic E-state index is 0.202. The van der Waals surface area contributed by atoms with E-state index in [9.17, 15) is 4.79 Å². The molecule has 18 heavy (non-hydrogen) atoms. The number of ether oxygens (including phenoxy) is 1. The highest BCUT2D eigenvalue weighted by molar-refractivity contribution is 5.94. The van der Waals surface area contributed by atoms with Crippen LogP contribution >= 0.6 is 0 Å². The van der Waals surface area contributed by atoms with E-state index in [0.29, 0.717) is 6.61 Å². The maximum Gasteiger partial charge on any atom is 0.352 e. The molecule has 0 saturated heterocycles. The zero-order chi connectivity index (χ0) is 13.0. The van der Waals surface area contributed by atoms with E-state index in [1.54, 1.807) is 6.07 Å². The lowest BCUT2D eigenvalue weighted by atomic mass is 10.2. The van der Waals surface area contributed by atoms with Gasteiger partial charge < -0.3 is 14.8 Å². The third-order valence-corrected chi connectivity index (χ3v) is 2.84. The summed E-state index contributed by atoms with van der Waals surface area (Å²) in [7, 11) is 0. The molecule has 4 heteroatoms. The summed E-state index contributed by atoms with van der Waals surface area (Å²) in [6.07, 6.45) is 3.37. The number of rotatable bonds is 6. The quantitative estimate of drug-likeness (QED) is 0.769. The Morgan fingerprint density at radius 3 is 2.89 bits per heavy atom. The Bertz CT molecular complexity index is 545. The summed E-state index contributed by atoms with van der Waals surface area (Å²) in [5.41, 5.74) is 1.02. The summed E-state index contributed by atoms with van der Waals surface area (Å²) in [6.45, 7) is 2.86. The minimum Gasteiger partial charge on any atom is -0.494 e. The Morgan fingerprint density at radius 2 is 2.17 bits per heavy atom. The van der Waals surface area contributed by atoms with Crippen molar-refractivity contribution in [1.29, 1.82) is 0 Å². The van der Waals surface area contributed by atoms with E-state index in [1.165, 1.54) is 6.42 Å². The number of unbranched alkanes of at least 4 members (excludes halogenated alkanes) is 2. The van der Waals surface area contributed by atoms with Crippen molar-refractivity contribution in [3.63, 3.8) is 0 Å². The summed E-state index contributed by atoms with van der Waals surface area (Å²) in [6, 6.07) is 7.19. The molecule has 0 unspecified atom stereocenters. The van der Waals surface area contributed by atoms with Gasteiger partial charge in [0.05, 0.1) is 6.61 Å². The molecule has 1 aromatic carbocycles. The van der Waals surface area contributed by atoms with E-state index in [-0.39, 0.29) is 5.69 Å². The molecule has 0 bridgehead atoms. The van der Waals surface area contributed by atoms with Gasteiger partial charge in [-0.1, -0.05) is 19.8 Å². The first kappa shape index (κ1) is 12.5. The molecule has 0 amide bonds. The SMILES string of the molecule is CCCCCOc1ccc2[nH]c(C(=O)O)cc2c1. The third kappa shape index (κ3) is 2.83. The largest absolute Gasteiger partial charge is 0.494 e. The van der Waals surface area contributed by atoms with Crippen molar-refractivity contribution in [3.8, 4) is 5.75 Å². The van der Waals surface area contributed by atoms with E-state index in [1.807, 2.05) is 18.2 Å². The summed E-state index contributed by atoms with van der Waals surface area (Å²) in [5.74, 6) is -0.161. The molecule has 96 valence electrons. The Balaban J connectivity index is 2.09. The molecule has 0 saturated carbocycles. The molecule has 0 atom stereocenters. The lowest BCUT2D eigenvalue weighted by Crippen LogP contribution is -1.96. The van der Waals surface area contributed by atoms with Crippen molar-refractivity contribution in [2.75, 3.05) is 6.61 Å². The van der Waals surface area contributed by atoms with Crippen molar-refractivity contribution >= 4 is 16.9 Å². The van der Waals surface area contributed by atoms with Gasteiger partial charge in [-0.15, -0.1) is 0 Å². The summed E-state index contributed by atoms with van der Waals surface area (Å²) in [4.78, 5) is 13.7. The molecule has 0 aliphatic rings. The molecule has 1 aromatic heterocycles. The van der Waals surface area contributed by atoms with E-state index >= 15 is 0 Å². The second kappa shape index (κ2) is 5.58. The van der Waals surface area contributed by atoms with Gasteiger partial charge in [0.2, 0.25) is 0 Å². The first-order valence-electron chi connectivity index (χ1n) is 6.19. The Hall–Kier alpha value is -1.97. The van der Waals surface area contributed by atoms with Crippen molar-refractivity contribution in [1.82, 2.24) is 4.98 Å². The highest BCUT2D eigenvalue weighted by Crippen LogP contribution is 2.22. The van der Waals surface area contributed by atoms with Gasteiger partial charge in [0, 0.05) is 10.9 Å². The van der Waals surface area contributed by atoms with Crippen molar-refractivity contribution in [2.45, 2.75) is 26.2 Å². The molecule has 0 spiro atoms. The van der Waals surface area contributed by atoms with Gasteiger partial charge in [-0.2, -0.15) is 0 Å². The molecule has 0 fully saturated rings. The number of nitrogens with one attached hydrogen (secondary N) is 1. The fourth-order valence-electron chi connectivity index (χ4n) is 1.86. The maximum absolute atomic E-state index is 10.8. The van der Waals surface area contributed by atoms with E-state index in [0.717, 1.165) is 29.5 Å². The molecule has 2 N–H and O–H groups in total. The maximum atomic E-state index is 10.8. The highest BCUT2D eigenvalue weighted by Gasteiger charge is 2.07. The Morgan fingerprint density at radius 1 is 1.33 bits per heavy atom. The molecule has 2 aromatic rings. The zero-order valence-corrected chi connectivity index (χ0v) is 10.4. The van der Waals surface area contributed by atoms with Crippen LogP contribution < -0.4 is 4.74 Å². The summed E-state index contributed by atoms with van der Waals surface area (Å²) in [5, 5.41) is 9.75. The number of aromatic carboxylic acids is 1. The number of carboxylic acids is 1. The molecule has 0 aliphatic carbocycles. The van der Waals surface area contributed by atoms with Crippen molar-refractivity contribution in [2.24, 2.45) is 0 Å². The number of hydrogen-bond acceptors (Lipinski definition) is 2. The van der Waals surface area contributed by atoms with Crippen LogP contribution in [0.1, 0.15) is 36.7 Å². The summed E-state index contributed by atoms with van der Waals surface area (Å²) < 4.78 is 5.62. The average molecular weight is 247 g/mol. The number of aromatic amines is 1.